The summed E-state index contributed by atoms with van der Waals surface area (Å²) < 4.78 is 0.864. The van der Waals surface area contributed by atoms with Crippen LogP contribution in [0.1, 0.15) is 11.1 Å². The maximum absolute atomic E-state index is 11.4. The number of aromatic nitrogens is 2. The Kier molecular flexibility index (Phi) is 5.45. The average Bonchev–Trinajstić information content (AvgIpc) is 3.27. The van der Waals surface area contributed by atoms with Crippen LogP contribution in [0.2, 0.25) is 0 Å². The molecule has 0 amide bonds. The first-order chi connectivity index (χ1) is 14.7. The van der Waals surface area contributed by atoms with Gasteiger partial charge in [-0.1, -0.05) is 6.07 Å². The second-order valence-electron chi connectivity index (χ2n) is 9.69. The van der Waals surface area contributed by atoms with Crippen molar-refractivity contribution >= 4 is 21.8 Å². The molecule has 164 valence electrons. The third-order valence-electron chi connectivity index (χ3n) is 5.94. The van der Waals surface area contributed by atoms with Crippen molar-refractivity contribution in [3.05, 3.63) is 47.7 Å². The Bertz CT molecular complexity index is 1230. The highest BCUT2D eigenvalue weighted by atomic mass is 16.3. The molecule has 0 fully saturated rings. The summed E-state index contributed by atoms with van der Waals surface area (Å²) in [5.74, 6) is 0.548. The van der Waals surface area contributed by atoms with Gasteiger partial charge in [0.2, 0.25) is 0 Å². The minimum absolute atomic E-state index is 0.264. The van der Waals surface area contributed by atoms with Gasteiger partial charge >= 0.3 is 0 Å². The van der Waals surface area contributed by atoms with Crippen molar-refractivity contribution in [2.45, 2.75) is 12.8 Å². The van der Waals surface area contributed by atoms with Crippen molar-refractivity contribution in [1.29, 1.82) is 0 Å². The van der Waals surface area contributed by atoms with Gasteiger partial charge in [-0.3, -0.25) is 0 Å². The molecular formula is C25H33N4O2+. The molecular weight excluding hydrogens is 388 g/mol. The van der Waals surface area contributed by atoms with E-state index in [1.165, 1.54) is 0 Å². The third kappa shape index (κ3) is 4.13. The second kappa shape index (κ2) is 7.94. The Morgan fingerprint density at radius 1 is 0.935 bits per heavy atom. The molecule has 4 N–H and O–H groups in total. The van der Waals surface area contributed by atoms with Crippen LogP contribution in [0, 0.1) is 0 Å². The summed E-state index contributed by atoms with van der Waals surface area (Å²) in [6.45, 7) is 1.82. The van der Waals surface area contributed by atoms with E-state index in [1.54, 1.807) is 6.07 Å². The van der Waals surface area contributed by atoms with Crippen molar-refractivity contribution in [1.82, 2.24) is 14.9 Å². The van der Waals surface area contributed by atoms with Gasteiger partial charge in [0.05, 0.1) is 33.4 Å². The van der Waals surface area contributed by atoms with Gasteiger partial charge in [0, 0.05) is 46.5 Å². The number of nitrogens with one attached hydrogen (secondary N) is 2. The summed E-state index contributed by atoms with van der Waals surface area (Å²) in [6, 6.07) is 9.51. The van der Waals surface area contributed by atoms with Crippen molar-refractivity contribution < 1.29 is 14.7 Å². The standard InChI is InChI=1S/C25H32N4O2/c1-28(2)13-11-17-23-20(7-6-8-21(23)30)27-24(17)18-9-10-19-22(25(18)31)16(15-26-19)12-14-29(3,4)5/h6-10,15,26-27H,11-14H2,1-5H3,(H-,30,31)/p+1. The van der Waals surface area contributed by atoms with E-state index in [1.807, 2.05) is 44.6 Å². The van der Waals surface area contributed by atoms with E-state index in [4.69, 9.17) is 0 Å². The maximum Gasteiger partial charge on any atom is 0.134 e. The van der Waals surface area contributed by atoms with Crippen molar-refractivity contribution in [2.24, 2.45) is 0 Å². The zero-order valence-electron chi connectivity index (χ0n) is 19.1. The fourth-order valence-electron chi connectivity index (χ4n) is 4.24. The number of hydrogen-bond donors (Lipinski definition) is 4. The molecule has 6 heteroatoms. The number of rotatable bonds is 7. The fraction of sp³-hybridized carbons (Fsp3) is 0.360. The molecule has 4 rings (SSSR count). The second-order valence-corrected chi connectivity index (χ2v) is 9.69. The first-order valence-corrected chi connectivity index (χ1v) is 10.8. The molecule has 0 bridgehead atoms. The lowest BCUT2D eigenvalue weighted by Crippen LogP contribution is -2.36. The maximum atomic E-state index is 11.4. The van der Waals surface area contributed by atoms with Crippen LogP contribution in [0.15, 0.2) is 36.5 Å². The molecule has 2 aromatic carbocycles. The number of phenols is 2. The molecule has 6 nitrogen and oxygen atoms in total. The van der Waals surface area contributed by atoms with Crippen molar-refractivity contribution in [3.8, 4) is 22.8 Å². The molecule has 0 saturated carbocycles. The first-order valence-electron chi connectivity index (χ1n) is 10.8. The van der Waals surface area contributed by atoms with Crippen LogP contribution >= 0.6 is 0 Å². The van der Waals surface area contributed by atoms with Gasteiger partial charge in [-0.15, -0.1) is 0 Å². The number of likely N-dealkylation sites (N-methyl/N-ethyl adjacent to an activating group) is 2. The number of fused-ring (bicyclic) bond motifs is 2. The van der Waals surface area contributed by atoms with E-state index in [2.05, 4.69) is 36.0 Å². The molecule has 31 heavy (non-hydrogen) atoms. The zero-order valence-corrected chi connectivity index (χ0v) is 19.1. The highest BCUT2D eigenvalue weighted by molar-refractivity contribution is 6.00. The molecule has 0 atom stereocenters. The van der Waals surface area contributed by atoms with Gasteiger partial charge in [-0.25, -0.2) is 0 Å². The number of quaternary nitrogens is 1. The van der Waals surface area contributed by atoms with E-state index in [9.17, 15) is 10.2 Å². The van der Waals surface area contributed by atoms with Crippen LogP contribution < -0.4 is 0 Å². The Morgan fingerprint density at radius 2 is 1.71 bits per heavy atom. The van der Waals surface area contributed by atoms with E-state index in [-0.39, 0.29) is 11.5 Å². The van der Waals surface area contributed by atoms with Crippen LogP contribution in [0.3, 0.4) is 0 Å². The number of hydrogen-bond acceptors (Lipinski definition) is 3. The predicted molar refractivity (Wildman–Crippen MR) is 128 cm³/mol. The van der Waals surface area contributed by atoms with Crippen LogP contribution in [-0.4, -0.2) is 77.9 Å². The molecule has 0 saturated heterocycles. The Hall–Kier alpha value is -2.96. The molecule has 0 unspecified atom stereocenters. The lowest BCUT2D eigenvalue weighted by Gasteiger charge is -2.23. The molecule has 2 heterocycles. The van der Waals surface area contributed by atoms with Crippen molar-refractivity contribution in [3.63, 3.8) is 0 Å². The Morgan fingerprint density at radius 3 is 2.42 bits per heavy atom. The molecule has 4 aromatic rings. The number of benzene rings is 2. The average molecular weight is 422 g/mol. The fourth-order valence-corrected chi connectivity index (χ4v) is 4.24. The number of nitrogens with zero attached hydrogens (tertiary/aromatic N) is 2. The Labute approximate surface area is 183 Å². The molecule has 2 aromatic heterocycles. The van der Waals surface area contributed by atoms with Gasteiger partial charge in [-0.05, 0) is 55.9 Å². The predicted octanol–water partition coefficient (Wildman–Crippen LogP) is 4.08. The summed E-state index contributed by atoms with van der Waals surface area (Å²) in [5.41, 5.74) is 5.60. The number of H-pyrrole nitrogens is 2. The molecule has 0 aliphatic rings. The summed E-state index contributed by atoms with van der Waals surface area (Å²) in [6.07, 6.45) is 3.65. The SMILES string of the molecule is CN(C)CCc1c(-c2ccc3[nH]cc(CC[N+](C)(C)C)c3c2O)[nH]c2cccc(O)c12. The van der Waals surface area contributed by atoms with Crippen LogP contribution in [0.25, 0.3) is 33.1 Å². The quantitative estimate of drug-likeness (QED) is 0.340. The highest BCUT2D eigenvalue weighted by Crippen LogP contribution is 2.42. The van der Waals surface area contributed by atoms with Crippen LogP contribution in [-0.2, 0) is 12.8 Å². The lowest BCUT2D eigenvalue weighted by molar-refractivity contribution is -0.870. The van der Waals surface area contributed by atoms with Gasteiger partial charge in [-0.2, -0.15) is 0 Å². The minimum Gasteiger partial charge on any atom is -0.507 e. The van der Waals surface area contributed by atoms with Gasteiger partial charge in [0.1, 0.15) is 11.5 Å². The zero-order chi connectivity index (χ0) is 22.3. The largest absolute Gasteiger partial charge is 0.507 e. The number of aromatic amines is 2. The lowest BCUT2D eigenvalue weighted by atomic mass is 9.98. The van der Waals surface area contributed by atoms with Crippen LogP contribution in [0.5, 0.6) is 11.5 Å². The summed E-state index contributed by atoms with van der Waals surface area (Å²) >= 11 is 0. The summed E-state index contributed by atoms with van der Waals surface area (Å²) in [5, 5.41) is 23.7. The molecule has 0 spiro atoms. The van der Waals surface area contributed by atoms with Gasteiger partial charge in [0.15, 0.2) is 0 Å². The van der Waals surface area contributed by atoms with E-state index in [0.29, 0.717) is 0 Å². The van der Waals surface area contributed by atoms with E-state index >= 15 is 0 Å². The van der Waals surface area contributed by atoms with E-state index in [0.717, 1.165) is 74.6 Å². The smallest absolute Gasteiger partial charge is 0.134 e. The van der Waals surface area contributed by atoms with Gasteiger partial charge in [0.25, 0.3) is 0 Å². The summed E-state index contributed by atoms with van der Waals surface area (Å²) in [7, 11) is 10.6. The number of phenolic OH excluding ortho intramolecular Hbond substituents is 2. The van der Waals surface area contributed by atoms with E-state index < -0.39 is 0 Å². The molecule has 0 radical (unpaired) electrons. The number of aromatic hydroxyl groups is 2. The third-order valence-corrected chi connectivity index (χ3v) is 5.94. The van der Waals surface area contributed by atoms with Crippen molar-refractivity contribution in [2.75, 3.05) is 48.3 Å². The first kappa shape index (κ1) is 21.3. The normalized spacial score (nSPS) is 12.5. The minimum atomic E-state index is 0.264. The Balaban J connectivity index is 1.87. The van der Waals surface area contributed by atoms with Gasteiger partial charge < -0.3 is 29.6 Å². The molecule has 0 aliphatic heterocycles. The highest BCUT2D eigenvalue weighted by Gasteiger charge is 2.21. The monoisotopic (exact) mass is 421 g/mol. The topological polar surface area (TPSA) is 75.3 Å². The van der Waals surface area contributed by atoms with Crippen LogP contribution in [0.4, 0.5) is 0 Å². The summed E-state index contributed by atoms with van der Waals surface area (Å²) in [4.78, 5) is 8.90. The molecule has 0 aliphatic carbocycles.